The Hall–Kier alpha value is -1.91. The van der Waals surface area contributed by atoms with Gasteiger partial charge in [0, 0.05) is 11.4 Å². The van der Waals surface area contributed by atoms with Crippen LogP contribution in [0.4, 0.5) is 0 Å². The standard InChI is InChI=1S/C20H21ClN2OS/c1-2-16(14-10-12-15(21)13-11-14)22-19(24)8-5-9-20-23-17-6-3-4-7-18(17)25-20/h3-4,6-7,10-13,16H,2,5,8-9H2,1H3,(H,22,24). The lowest BCUT2D eigenvalue weighted by Crippen LogP contribution is -2.27. The maximum atomic E-state index is 12.3. The summed E-state index contributed by atoms with van der Waals surface area (Å²) in [5.41, 5.74) is 2.13. The highest BCUT2D eigenvalue weighted by molar-refractivity contribution is 7.18. The molecule has 1 atom stereocenters. The average molecular weight is 373 g/mol. The molecular formula is C20H21ClN2OS. The Morgan fingerprint density at radius 2 is 1.96 bits per heavy atom. The third kappa shape index (κ3) is 4.80. The maximum absolute atomic E-state index is 12.3. The molecule has 1 unspecified atom stereocenters. The van der Waals surface area contributed by atoms with Gasteiger partial charge in [0.1, 0.15) is 0 Å². The smallest absolute Gasteiger partial charge is 0.220 e. The number of hydrogen-bond acceptors (Lipinski definition) is 3. The first-order valence-corrected chi connectivity index (χ1v) is 9.74. The zero-order chi connectivity index (χ0) is 17.6. The van der Waals surface area contributed by atoms with Crippen LogP contribution in [0.5, 0.6) is 0 Å². The molecule has 2 aromatic carbocycles. The fourth-order valence-electron chi connectivity index (χ4n) is 2.81. The molecule has 0 radical (unpaired) electrons. The minimum absolute atomic E-state index is 0.0345. The average Bonchev–Trinajstić information content (AvgIpc) is 3.03. The van der Waals surface area contributed by atoms with Gasteiger partial charge in [0.05, 0.1) is 21.3 Å². The highest BCUT2D eigenvalue weighted by Crippen LogP contribution is 2.23. The van der Waals surface area contributed by atoms with Crippen LogP contribution in [0.1, 0.15) is 42.8 Å². The molecule has 3 aromatic rings. The molecule has 5 heteroatoms. The molecule has 0 saturated heterocycles. The first-order valence-electron chi connectivity index (χ1n) is 8.55. The van der Waals surface area contributed by atoms with Gasteiger partial charge in [-0.1, -0.05) is 42.8 Å². The predicted octanol–water partition coefficient (Wildman–Crippen LogP) is 5.54. The molecule has 0 saturated carbocycles. The molecule has 0 fully saturated rings. The van der Waals surface area contributed by atoms with E-state index in [1.54, 1.807) is 11.3 Å². The van der Waals surface area contributed by atoms with E-state index < -0.39 is 0 Å². The van der Waals surface area contributed by atoms with Crippen LogP contribution in [0.25, 0.3) is 10.2 Å². The molecule has 130 valence electrons. The molecule has 25 heavy (non-hydrogen) atoms. The van der Waals surface area contributed by atoms with E-state index in [1.807, 2.05) is 42.5 Å². The van der Waals surface area contributed by atoms with Gasteiger partial charge in [0.25, 0.3) is 0 Å². The number of aromatic nitrogens is 1. The summed E-state index contributed by atoms with van der Waals surface area (Å²) in [5, 5.41) is 4.92. The lowest BCUT2D eigenvalue weighted by Gasteiger charge is -2.17. The Labute approximate surface area is 157 Å². The van der Waals surface area contributed by atoms with Crippen LogP contribution in [0.15, 0.2) is 48.5 Å². The number of aryl methyl sites for hydroxylation is 1. The van der Waals surface area contributed by atoms with Crippen LogP contribution in [-0.2, 0) is 11.2 Å². The molecular weight excluding hydrogens is 352 g/mol. The Morgan fingerprint density at radius 3 is 2.68 bits per heavy atom. The summed E-state index contributed by atoms with van der Waals surface area (Å²) in [6.45, 7) is 2.07. The molecule has 0 spiro atoms. The third-order valence-corrected chi connectivity index (χ3v) is 5.50. The number of halogens is 1. The van der Waals surface area contributed by atoms with Crippen molar-refractivity contribution in [1.29, 1.82) is 0 Å². The van der Waals surface area contributed by atoms with Crippen molar-refractivity contribution in [2.24, 2.45) is 0 Å². The fourth-order valence-corrected chi connectivity index (χ4v) is 3.94. The fraction of sp³-hybridized carbons (Fsp3) is 0.300. The number of carbonyl (C=O) groups is 1. The largest absolute Gasteiger partial charge is 0.349 e. The van der Waals surface area contributed by atoms with Gasteiger partial charge in [0.15, 0.2) is 0 Å². The van der Waals surface area contributed by atoms with Gasteiger partial charge in [-0.3, -0.25) is 4.79 Å². The predicted molar refractivity (Wildman–Crippen MR) is 105 cm³/mol. The quantitative estimate of drug-likeness (QED) is 0.591. The number of hydrogen-bond donors (Lipinski definition) is 1. The molecule has 1 amide bonds. The summed E-state index contributed by atoms with van der Waals surface area (Å²) in [6, 6.07) is 15.8. The zero-order valence-electron chi connectivity index (χ0n) is 14.2. The van der Waals surface area contributed by atoms with E-state index >= 15 is 0 Å². The summed E-state index contributed by atoms with van der Waals surface area (Å²) in [6.07, 6.45) is 3.01. The van der Waals surface area contributed by atoms with Gasteiger partial charge >= 0.3 is 0 Å². The zero-order valence-corrected chi connectivity index (χ0v) is 15.7. The number of para-hydroxylation sites is 1. The number of carbonyl (C=O) groups excluding carboxylic acids is 1. The van der Waals surface area contributed by atoms with Gasteiger partial charge in [-0.25, -0.2) is 4.98 Å². The van der Waals surface area contributed by atoms with Crippen molar-refractivity contribution >= 4 is 39.1 Å². The van der Waals surface area contributed by atoms with Crippen LogP contribution < -0.4 is 5.32 Å². The number of fused-ring (bicyclic) bond motifs is 1. The van der Waals surface area contributed by atoms with Crippen LogP contribution in [0, 0.1) is 0 Å². The Morgan fingerprint density at radius 1 is 1.20 bits per heavy atom. The SMILES string of the molecule is CCC(NC(=O)CCCc1nc2ccccc2s1)c1ccc(Cl)cc1. The van der Waals surface area contributed by atoms with Crippen LogP contribution in [0.2, 0.25) is 5.02 Å². The van der Waals surface area contributed by atoms with Crippen LogP contribution >= 0.6 is 22.9 Å². The minimum atomic E-state index is 0.0345. The van der Waals surface area contributed by atoms with Crippen molar-refractivity contribution in [3.8, 4) is 0 Å². The summed E-state index contributed by atoms with van der Waals surface area (Å²) in [7, 11) is 0. The summed E-state index contributed by atoms with van der Waals surface area (Å²) in [4.78, 5) is 16.9. The number of thiazole rings is 1. The molecule has 1 heterocycles. The molecule has 1 aromatic heterocycles. The number of rotatable bonds is 7. The number of benzene rings is 2. The van der Waals surface area contributed by atoms with E-state index in [0.717, 1.165) is 35.4 Å². The minimum Gasteiger partial charge on any atom is -0.349 e. The molecule has 3 rings (SSSR count). The summed E-state index contributed by atoms with van der Waals surface area (Å²) in [5.74, 6) is 0.0860. The first-order chi connectivity index (χ1) is 12.2. The summed E-state index contributed by atoms with van der Waals surface area (Å²) < 4.78 is 1.20. The van der Waals surface area contributed by atoms with Crippen molar-refractivity contribution in [3.63, 3.8) is 0 Å². The molecule has 0 aliphatic heterocycles. The van der Waals surface area contributed by atoms with Crippen molar-refractivity contribution < 1.29 is 4.79 Å². The highest BCUT2D eigenvalue weighted by Gasteiger charge is 2.13. The molecule has 0 aliphatic rings. The van der Waals surface area contributed by atoms with Gasteiger partial charge < -0.3 is 5.32 Å². The van der Waals surface area contributed by atoms with Crippen molar-refractivity contribution in [2.45, 2.75) is 38.6 Å². The van der Waals surface area contributed by atoms with E-state index in [0.29, 0.717) is 11.4 Å². The normalized spacial score (nSPS) is 12.2. The van der Waals surface area contributed by atoms with Gasteiger partial charge in [0.2, 0.25) is 5.91 Å². The third-order valence-electron chi connectivity index (χ3n) is 4.15. The molecule has 0 bridgehead atoms. The number of nitrogens with one attached hydrogen (secondary N) is 1. The van der Waals surface area contributed by atoms with E-state index in [-0.39, 0.29) is 11.9 Å². The van der Waals surface area contributed by atoms with E-state index in [1.165, 1.54) is 4.70 Å². The number of amides is 1. The highest BCUT2D eigenvalue weighted by atomic mass is 35.5. The number of nitrogens with zero attached hydrogens (tertiary/aromatic N) is 1. The van der Waals surface area contributed by atoms with Crippen molar-refractivity contribution in [2.75, 3.05) is 0 Å². The Bertz CT molecular complexity index is 811. The van der Waals surface area contributed by atoms with Crippen molar-refractivity contribution in [3.05, 3.63) is 64.1 Å². The monoisotopic (exact) mass is 372 g/mol. The lowest BCUT2D eigenvalue weighted by atomic mass is 10.0. The second-order valence-electron chi connectivity index (χ2n) is 6.01. The lowest BCUT2D eigenvalue weighted by molar-refractivity contribution is -0.122. The topological polar surface area (TPSA) is 42.0 Å². The second-order valence-corrected chi connectivity index (χ2v) is 7.56. The summed E-state index contributed by atoms with van der Waals surface area (Å²) >= 11 is 7.64. The molecule has 0 aliphatic carbocycles. The maximum Gasteiger partial charge on any atom is 0.220 e. The second kappa shape index (κ2) is 8.45. The van der Waals surface area contributed by atoms with E-state index in [4.69, 9.17) is 11.6 Å². The van der Waals surface area contributed by atoms with Crippen LogP contribution in [-0.4, -0.2) is 10.9 Å². The van der Waals surface area contributed by atoms with Gasteiger partial charge in [-0.15, -0.1) is 11.3 Å². The Kier molecular flexibility index (Phi) is 6.05. The van der Waals surface area contributed by atoms with E-state index in [2.05, 4.69) is 23.3 Å². The van der Waals surface area contributed by atoms with Crippen molar-refractivity contribution in [1.82, 2.24) is 10.3 Å². The van der Waals surface area contributed by atoms with Gasteiger partial charge in [-0.05, 0) is 49.1 Å². The molecule has 1 N–H and O–H groups in total. The Balaban J connectivity index is 1.50. The van der Waals surface area contributed by atoms with E-state index in [9.17, 15) is 4.79 Å². The van der Waals surface area contributed by atoms with Gasteiger partial charge in [-0.2, -0.15) is 0 Å². The molecule has 3 nitrogen and oxygen atoms in total. The first kappa shape index (κ1) is 17.9. The van der Waals surface area contributed by atoms with Crippen LogP contribution in [0.3, 0.4) is 0 Å².